The van der Waals surface area contributed by atoms with Crippen molar-refractivity contribution in [3.8, 4) is 0 Å². The van der Waals surface area contributed by atoms with Gasteiger partial charge in [0.2, 0.25) is 5.91 Å². The molecular formula is C11H11N3O. The number of rotatable bonds is 1. The summed E-state index contributed by atoms with van der Waals surface area (Å²) in [7, 11) is 0. The van der Waals surface area contributed by atoms with E-state index in [0.717, 1.165) is 0 Å². The van der Waals surface area contributed by atoms with Gasteiger partial charge in [-0.05, 0) is 24.3 Å². The van der Waals surface area contributed by atoms with Gasteiger partial charge in [0.15, 0.2) is 0 Å². The van der Waals surface area contributed by atoms with E-state index in [1.165, 1.54) is 12.4 Å². The van der Waals surface area contributed by atoms with Crippen LogP contribution in [0.4, 0.5) is 0 Å². The molecule has 2 aromatic rings. The molecule has 0 spiro atoms. The van der Waals surface area contributed by atoms with Crippen molar-refractivity contribution in [2.45, 2.75) is 0 Å². The van der Waals surface area contributed by atoms with E-state index in [0.29, 0.717) is 5.56 Å². The fourth-order valence-electron chi connectivity index (χ4n) is 0.829. The number of aromatic nitrogens is 2. The summed E-state index contributed by atoms with van der Waals surface area (Å²) in [4.78, 5) is 17.9. The number of nitrogens with zero attached hydrogens (tertiary/aromatic N) is 2. The van der Waals surface area contributed by atoms with Crippen LogP contribution < -0.4 is 5.73 Å². The summed E-state index contributed by atoms with van der Waals surface area (Å²) in [5, 5.41) is 0. The third-order valence-electron chi connectivity index (χ3n) is 1.53. The molecule has 15 heavy (non-hydrogen) atoms. The highest BCUT2D eigenvalue weighted by atomic mass is 16.1. The number of hydrogen-bond donors (Lipinski definition) is 1. The predicted molar refractivity (Wildman–Crippen MR) is 57.0 cm³/mol. The van der Waals surface area contributed by atoms with E-state index in [4.69, 9.17) is 5.73 Å². The van der Waals surface area contributed by atoms with Crippen molar-refractivity contribution >= 4 is 5.91 Å². The Kier molecular flexibility index (Phi) is 4.53. The number of nitrogens with two attached hydrogens (primary N) is 1. The normalized spacial score (nSPS) is 8.53. The monoisotopic (exact) mass is 201 g/mol. The molecule has 0 aliphatic carbocycles. The lowest BCUT2D eigenvalue weighted by atomic mass is 10.3. The Morgan fingerprint density at radius 1 is 0.933 bits per heavy atom. The van der Waals surface area contributed by atoms with Gasteiger partial charge in [0.25, 0.3) is 0 Å². The van der Waals surface area contributed by atoms with Crippen molar-refractivity contribution in [2.24, 2.45) is 5.73 Å². The highest BCUT2D eigenvalue weighted by Gasteiger charge is 1.94. The number of carbonyl (C=O) groups is 1. The van der Waals surface area contributed by atoms with Gasteiger partial charge in [-0.1, -0.05) is 6.07 Å². The summed E-state index contributed by atoms with van der Waals surface area (Å²) in [5.41, 5.74) is 5.44. The fraction of sp³-hybridized carbons (Fsp3) is 0. The number of carbonyl (C=O) groups excluding carboxylic acids is 1. The van der Waals surface area contributed by atoms with Crippen LogP contribution in [0.5, 0.6) is 0 Å². The van der Waals surface area contributed by atoms with E-state index < -0.39 is 5.91 Å². The first-order valence-corrected chi connectivity index (χ1v) is 4.35. The zero-order valence-electron chi connectivity index (χ0n) is 8.08. The standard InChI is InChI=1S/C6H6N2O.C5H5N/c7-6(9)5-1-3-8-4-2-5;1-2-4-6-5-3-1/h1-4H,(H2,7,9);1-5H. The molecule has 0 saturated heterocycles. The molecule has 2 heterocycles. The molecule has 0 radical (unpaired) electrons. The molecular weight excluding hydrogens is 190 g/mol. The molecule has 2 N–H and O–H groups in total. The molecule has 0 saturated carbocycles. The smallest absolute Gasteiger partial charge is 0.248 e. The van der Waals surface area contributed by atoms with Crippen molar-refractivity contribution in [3.63, 3.8) is 0 Å². The quantitative estimate of drug-likeness (QED) is 0.755. The van der Waals surface area contributed by atoms with Gasteiger partial charge in [0, 0.05) is 30.4 Å². The Balaban J connectivity index is 0.000000162. The van der Waals surface area contributed by atoms with E-state index in [-0.39, 0.29) is 0 Å². The molecule has 4 nitrogen and oxygen atoms in total. The van der Waals surface area contributed by atoms with E-state index in [1.54, 1.807) is 24.5 Å². The van der Waals surface area contributed by atoms with Gasteiger partial charge in [-0.25, -0.2) is 0 Å². The van der Waals surface area contributed by atoms with E-state index in [1.807, 2.05) is 18.2 Å². The molecule has 0 fully saturated rings. The van der Waals surface area contributed by atoms with E-state index >= 15 is 0 Å². The van der Waals surface area contributed by atoms with Gasteiger partial charge >= 0.3 is 0 Å². The van der Waals surface area contributed by atoms with Gasteiger partial charge in [-0.3, -0.25) is 14.8 Å². The minimum Gasteiger partial charge on any atom is -0.366 e. The second-order valence-electron chi connectivity index (χ2n) is 2.62. The average Bonchev–Trinajstić information content (AvgIpc) is 2.33. The van der Waals surface area contributed by atoms with Crippen molar-refractivity contribution in [2.75, 3.05) is 0 Å². The van der Waals surface area contributed by atoms with Crippen LogP contribution in [0.2, 0.25) is 0 Å². The molecule has 0 bridgehead atoms. The van der Waals surface area contributed by atoms with Crippen LogP contribution in [0.1, 0.15) is 10.4 Å². The third kappa shape index (κ3) is 4.52. The maximum atomic E-state index is 10.4. The highest BCUT2D eigenvalue weighted by Crippen LogP contribution is 1.91. The Morgan fingerprint density at radius 2 is 1.47 bits per heavy atom. The Morgan fingerprint density at radius 3 is 1.73 bits per heavy atom. The third-order valence-corrected chi connectivity index (χ3v) is 1.53. The number of primary amides is 1. The first kappa shape index (κ1) is 10.8. The first-order valence-electron chi connectivity index (χ1n) is 4.35. The van der Waals surface area contributed by atoms with Crippen LogP contribution in [-0.4, -0.2) is 15.9 Å². The van der Waals surface area contributed by atoms with Gasteiger partial charge in [-0.15, -0.1) is 0 Å². The zero-order valence-corrected chi connectivity index (χ0v) is 8.08. The topological polar surface area (TPSA) is 68.9 Å². The molecule has 2 aromatic heterocycles. The summed E-state index contributed by atoms with van der Waals surface area (Å²) in [6.45, 7) is 0. The lowest BCUT2D eigenvalue weighted by molar-refractivity contribution is 0.1000. The van der Waals surface area contributed by atoms with E-state index in [9.17, 15) is 4.79 Å². The predicted octanol–water partition coefficient (Wildman–Crippen LogP) is 1.26. The molecule has 0 aromatic carbocycles. The average molecular weight is 201 g/mol. The molecule has 1 amide bonds. The summed E-state index contributed by atoms with van der Waals surface area (Å²) < 4.78 is 0. The minimum absolute atomic E-state index is 0.419. The summed E-state index contributed by atoms with van der Waals surface area (Å²) >= 11 is 0. The second-order valence-corrected chi connectivity index (χ2v) is 2.62. The van der Waals surface area contributed by atoms with Crippen LogP contribution in [0.3, 0.4) is 0 Å². The van der Waals surface area contributed by atoms with Crippen LogP contribution in [0.25, 0.3) is 0 Å². The largest absolute Gasteiger partial charge is 0.366 e. The molecule has 0 aliphatic heterocycles. The van der Waals surface area contributed by atoms with Crippen LogP contribution in [-0.2, 0) is 0 Å². The van der Waals surface area contributed by atoms with Crippen LogP contribution in [0.15, 0.2) is 55.1 Å². The second kappa shape index (κ2) is 6.26. The fourth-order valence-corrected chi connectivity index (χ4v) is 0.829. The lowest BCUT2D eigenvalue weighted by Gasteiger charge is -1.88. The van der Waals surface area contributed by atoms with Gasteiger partial charge < -0.3 is 5.73 Å². The van der Waals surface area contributed by atoms with Crippen LogP contribution >= 0.6 is 0 Å². The molecule has 2 rings (SSSR count). The minimum atomic E-state index is -0.419. The molecule has 0 unspecified atom stereocenters. The molecule has 0 aliphatic rings. The molecule has 76 valence electrons. The first-order chi connectivity index (χ1) is 7.30. The van der Waals surface area contributed by atoms with Crippen molar-refractivity contribution in [1.82, 2.24) is 9.97 Å². The Bertz CT molecular complexity index is 362. The highest BCUT2D eigenvalue weighted by molar-refractivity contribution is 5.92. The summed E-state index contributed by atoms with van der Waals surface area (Å²) in [6, 6.07) is 8.86. The lowest BCUT2D eigenvalue weighted by Crippen LogP contribution is -2.10. The molecule has 4 heteroatoms. The van der Waals surface area contributed by atoms with Crippen molar-refractivity contribution in [3.05, 3.63) is 60.7 Å². The van der Waals surface area contributed by atoms with Gasteiger partial charge in [0.1, 0.15) is 0 Å². The number of pyridine rings is 2. The van der Waals surface area contributed by atoms with Gasteiger partial charge in [0.05, 0.1) is 0 Å². The number of amides is 1. The van der Waals surface area contributed by atoms with Crippen LogP contribution in [0, 0.1) is 0 Å². The molecule has 0 atom stereocenters. The Hall–Kier alpha value is -2.23. The maximum absolute atomic E-state index is 10.4. The maximum Gasteiger partial charge on any atom is 0.248 e. The van der Waals surface area contributed by atoms with E-state index in [2.05, 4.69) is 9.97 Å². The zero-order chi connectivity index (χ0) is 10.9. The van der Waals surface area contributed by atoms with Crippen molar-refractivity contribution < 1.29 is 4.79 Å². The van der Waals surface area contributed by atoms with Crippen molar-refractivity contribution in [1.29, 1.82) is 0 Å². The summed E-state index contributed by atoms with van der Waals surface area (Å²) in [5.74, 6) is -0.419. The SMILES string of the molecule is NC(=O)c1ccncc1.c1ccncc1. The Labute approximate surface area is 87.8 Å². The number of hydrogen-bond acceptors (Lipinski definition) is 3. The summed E-state index contributed by atoms with van der Waals surface area (Å²) in [6.07, 6.45) is 6.56. The van der Waals surface area contributed by atoms with Gasteiger partial charge in [-0.2, -0.15) is 0 Å².